The number of aromatic carboxylic acids is 1. The number of aromatic nitrogens is 1. The Bertz CT molecular complexity index is 782. The van der Waals surface area contributed by atoms with Crippen molar-refractivity contribution < 1.29 is 32.9 Å². The highest BCUT2D eigenvalue weighted by Crippen LogP contribution is 2.34. The summed E-state index contributed by atoms with van der Waals surface area (Å²) in [7, 11) is 0. The molecule has 0 aliphatic carbocycles. The normalized spacial score (nSPS) is 16.0. The number of carboxylic acid groups (broad SMARTS) is 1. The van der Waals surface area contributed by atoms with Crippen LogP contribution in [-0.4, -0.2) is 34.4 Å². The number of hydrogen-bond donors (Lipinski definition) is 2. The maximum Gasteiger partial charge on any atom is 0.354 e. The van der Waals surface area contributed by atoms with Gasteiger partial charge in [0.05, 0.1) is 18.8 Å². The van der Waals surface area contributed by atoms with E-state index in [4.69, 9.17) is 9.84 Å². The van der Waals surface area contributed by atoms with Crippen LogP contribution in [0.1, 0.15) is 16.1 Å². The summed E-state index contributed by atoms with van der Waals surface area (Å²) >= 11 is 0. The van der Waals surface area contributed by atoms with E-state index in [1.807, 2.05) is 0 Å². The molecule has 1 aliphatic heterocycles. The average molecular weight is 325 g/mol. The summed E-state index contributed by atoms with van der Waals surface area (Å²) in [6.45, 7) is -0.210. The molecular formula is C15H10F3NO4. The number of halogens is 3. The van der Waals surface area contributed by atoms with E-state index in [1.165, 1.54) is 0 Å². The maximum atomic E-state index is 14.3. The van der Waals surface area contributed by atoms with Crippen LogP contribution in [0.4, 0.5) is 13.2 Å². The van der Waals surface area contributed by atoms with Gasteiger partial charge in [0.2, 0.25) is 0 Å². The number of aliphatic hydroxyl groups is 1. The third-order valence-corrected chi connectivity index (χ3v) is 3.56. The Kier molecular flexibility index (Phi) is 3.57. The van der Waals surface area contributed by atoms with Crippen molar-refractivity contribution in [3.63, 3.8) is 0 Å². The number of ether oxygens (including phenoxy) is 1. The summed E-state index contributed by atoms with van der Waals surface area (Å²) in [5, 5.41) is 18.9. The van der Waals surface area contributed by atoms with Crippen molar-refractivity contribution >= 4 is 5.97 Å². The van der Waals surface area contributed by atoms with Crippen LogP contribution in [0.3, 0.4) is 0 Å². The second-order valence-electron chi connectivity index (χ2n) is 5.17. The lowest BCUT2D eigenvalue weighted by molar-refractivity contribution is -0.184. The quantitative estimate of drug-likeness (QED) is 0.903. The molecule has 1 saturated heterocycles. The predicted octanol–water partition coefficient (Wildman–Crippen LogP) is 2.08. The van der Waals surface area contributed by atoms with Gasteiger partial charge in [0.25, 0.3) is 0 Å². The van der Waals surface area contributed by atoms with Gasteiger partial charge in [0.15, 0.2) is 0 Å². The fourth-order valence-corrected chi connectivity index (χ4v) is 2.27. The van der Waals surface area contributed by atoms with Crippen LogP contribution in [0.5, 0.6) is 0 Å². The smallest absolute Gasteiger partial charge is 0.354 e. The second kappa shape index (κ2) is 5.32. The largest absolute Gasteiger partial charge is 0.477 e. The van der Waals surface area contributed by atoms with E-state index in [1.54, 1.807) is 0 Å². The van der Waals surface area contributed by atoms with Gasteiger partial charge in [-0.1, -0.05) is 0 Å². The molecule has 0 radical (unpaired) electrons. The molecule has 0 bridgehead atoms. The molecule has 1 fully saturated rings. The SMILES string of the molecule is O=C(O)c1ccc(F)c(-c2c(F)cc(C3(O)COC3)cc2F)n1. The molecule has 2 aromatic rings. The van der Waals surface area contributed by atoms with Gasteiger partial charge in [0, 0.05) is 0 Å². The molecule has 5 nitrogen and oxygen atoms in total. The van der Waals surface area contributed by atoms with Gasteiger partial charge in [-0.25, -0.2) is 22.9 Å². The molecule has 1 aliphatic rings. The standard InChI is InChI=1S/C15H10F3NO4/c16-8-1-2-11(14(20)21)19-13(8)12-9(17)3-7(4-10(12)18)15(22)5-23-6-15/h1-4,22H,5-6H2,(H,20,21). The Labute approximate surface area is 128 Å². The molecule has 2 heterocycles. The number of carboxylic acids is 1. The number of nitrogens with zero attached hydrogens (tertiary/aromatic N) is 1. The average Bonchev–Trinajstić information content (AvgIpc) is 2.45. The lowest BCUT2D eigenvalue weighted by atomic mass is 9.90. The minimum atomic E-state index is -1.49. The van der Waals surface area contributed by atoms with E-state index >= 15 is 0 Å². The lowest BCUT2D eigenvalue weighted by Gasteiger charge is -2.36. The minimum Gasteiger partial charge on any atom is -0.477 e. The zero-order chi connectivity index (χ0) is 16.8. The van der Waals surface area contributed by atoms with Crippen molar-refractivity contribution in [2.24, 2.45) is 0 Å². The summed E-state index contributed by atoms with van der Waals surface area (Å²) in [5.74, 6) is -4.83. The van der Waals surface area contributed by atoms with E-state index in [-0.39, 0.29) is 18.8 Å². The van der Waals surface area contributed by atoms with E-state index in [2.05, 4.69) is 4.98 Å². The molecule has 0 amide bonds. The summed E-state index contributed by atoms with van der Waals surface area (Å²) in [4.78, 5) is 14.3. The van der Waals surface area contributed by atoms with E-state index in [9.17, 15) is 23.1 Å². The van der Waals surface area contributed by atoms with Gasteiger partial charge in [0.1, 0.15) is 34.4 Å². The van der Waals surface area contributed by atoms with Gasteiger partial charge in [-0.3, -0.25) is 0 Å². The highest BCUT2D eigenvalue weighted by Gasteiger charge is 2.39. The first-order valence-corrected chi connectivity index (χ1v) is 6.52. The molecule has 0 unspecified atom stereocenters. The van der Waals surface area contributed by atoms with Gasteiger partial charge >= 0.3 is 5.97 Å². The van der Waals surface area contributed by atoms with E-state index in [0.29, 0.717) is 0 Å². The van der Waals surface area contributed by atoms with Crippen molar-refractivity contribution in [2.75, 3.05) is 13.2 Å². The molecule has 0 saturated carbocycles. The number of hydrogen-bond acceptors (Lipinski definition) is 4. The zero-order valence-corrected chi connectivity index (χ0v) is 11.5. The first-order chi connectivity index (χ1) is 10.8. The molecule has 0 spiro atoms. The highest BCUT2D eigenvalue weighted by atomic mass is 19.1. The second-order valence-corrected chi connectivity index (χ2v) is 5.17. The molecule has 8 heteroatoms. The highest BCUT2D eigenvalue weighted by molar-refractivity contribution is 5.86. The molecule has 1 aromatic heterocycles. The lowest BCUT2D eigenvalue weighted by Crippen LogP contribution is -2.46. The molecule has 3 rings (SSSR count). The van der Waals surface area contributed by atoms with Gasteiger partial charge in [-0.2, -0.15) is 0 Å². The molecule has 0 atom stereocenters. The monoisotopic (exact) mass is 325 g/mol. The first-order valence-electron chi connectivity index (χ1n) is 6.52. The third kappa shape index (κ3) is 2.55. The topological polar surface area (TPSA) is 79.7 Å². The predicted molar refractivity (Wildman–Crippen MR) is 71.2 cm³/mol. The number of carbonyl (C=O) groups is 1. The molecule has 2 N–H and O–H groups in total. The van der Waals surface area contributed by atoms with Crippen LogP contribution in [-0.2, 0) is 10.3 Å². The molecule has 120 valence electrons. The summed E-state index contributed by atoms with van der Waals surface area (Å²) in [5.41, 5.74) is -3.62. The number of benzene rings is 1. The van der Waals surface area contributed by atoms with Crippen molar-refractivity contribution in [2.45, 2.75) is 5.60 Å². The third-order valence-electron chi connectivity index (χ3n) is 3.56. The summed E-state index contributed by atoms with van der Waals surface area (Å²) in [6.07, 6.45) is 0. The van der Waals surface area contributed by atoms with Gasteiger partial charge in [-0.05, 0) is 29.8 Å². The van der Waals surface area contributed by atoms with Crippen molar-refractivity contribution in [3.05, 3.63) is 53.0 Å². The zero-order valence-electron chi connectivity index (χ0n) is 11.5. The fraction of sp³-hybridized carbons (Fsp3) is 0.200. The van der Waals surface area contributed by atoms with Crippen LogP contribution in [0.2, 0.25) is 0 Å². The molecular weight excluding hydrogens is 315 g/mol. The van der Waals surface area contributed by atoms with Crippen molar-refractivity contribution in [1.29, 1.82) is 0 Å². The summed E-state index contributed by atoms with van der Waals surface area (Å²) < 4.78 is 47.2. The first kappa shape index (κ1) is 15.4. The molecule has 1 aromatic carbocycles. The van der Waals surface area contributed by atoms with Crippen LogP contribution in [0, 0.1) is 17.5 Å². The Morgan fingerprint density at radius 3 is 2.22 bits per heavy atom. The van der Waals surface area contributed by atoms with Crippen molar-refractivity contribution in [3.8, 4) is 11.3 Å². The number of rotatable bonds is 3. The Morgan fingerprint density at radius 1 is 1.13 bits per heavy atom. The maximum absolute atomic E-state index is 14.3. The van der Waals surface area contributed by atoms with Gasteiger partial charge in [-0.15, -0.1) is 0 Å². The van der Waals surface area contributed by atoms with E-state index in [0.717, 1.165) is 24.3 Å². The van der Waals surface area contributed by atoms with Crippen molar-refractivity contribution in [1.82, 2.24) is 4.98 Å². The Morgan fingerprint density at radius 2 is 1.74 bits per heavy atom. The minimum absolute atomic E-state index is 0.0442. The van der Waals surface area contributed by atoms with Crippen LogP contribution >= 0.6 is 0 Å². The van der Waals surface area contributed by atoms with Crippen LogP contribution in [0.25, 0.3) is 11.3 Å². The summed E-state index contributed by atoms with van der Waals surface area (Å²) in [6, 6.07) is 3.37. The van der Waals surface area contributed by atoms with E-state index < -0.39 is 46.0 Å². The Balaban J connectivity index is 2.14. The fourth-order valence-electron chi connectivity index (χ4n) is 2.27. The number of pyridine rings is 1. The van der Waals surface area contributed by atoms with Gasteiger partial charge < -0.3 is 14.9 Å². The molecule has 23 heavy (non-hydrogen) atoms. The van der Waals surface area contributed by atoms with Crippen LogP contribution in [0.15, 0.2) is 24.3 Å². The Hall–Kier alpha value is -2.45. The van der Waals surface area contributed by atoms with Crippen LogP contribution < -0.4 is 0 Å².